The topological polar surface area (TPSA) is 34.6 Å². The minimum Gasteiger partial charge on any atom is -0.376 e. The third kappa shape index (κ3) is 3.34. The lowest BCUT2D eigenvalue weighted by Gasteiger charge is -2.39. The lowest BCUT2D eigenvalue weighted by atomic mass is 10.0. The van der Waals surface area contributed by atoms with Crippen LogP contribution in [0.5, 0.6) is 0 Å². The van der Waals surface area contributed by atoms with E-state index >= 15 is 0 Å². The third-order valence-corrected chi connectivity index (χ3v) is 5.35. The molecule has 4 rings (SSSR count). The summed E-state index contributed by atoms with van der Waals surface area (Å²) in [5.74, 6) is 1.53. The lowest BCUT2D eigenvalue weighted by molar-refractivity contribution is -0.0876. The van der Waals surface area contributed by atoms with Gasteiger partial charge in [-0.2, -0.15) is 0 Å². The van der Waals surface area contributed by atoms with Crippen LogP contribution in [0.1, 0.15) is 31.2 Å². The maximum absolute atomic E-state index is 6.12. The first kappa shape index (κ1) is 14.6. The van der Waals surface area contributed by atoms with Crippen LogP contribution in [0.2, 0.25) is 0 Å². The van der Waals surface area contributed by atoms with Crippen molar-refractivity contribution in [2.45, 2.75) is 44.4 Å². The molecule has 0 spiro atoms. The number of aromatic nitrogens is 1. The molecule has 0 N–H and O–H groups in total. The van der Waals surface area contributed by atoms with Crippen molar-refractivity contribution < 1.29 is 9.47 Å². The van der Waals surface area contributed by atoms with Crippen LogP contribution in [0.15, 0.2) is 24.5 Å². The molecule has 3 fully saturated rings. The van der Waals surface area contributed by atoms with Crippen LogP contribution in [-0.4, -0.2) is 48.3 Å². The molecule has 3 atom stereocenters. The van der Waals surface area contributed by atoms with Crippen molar-refractivity contribution in [3.05, 3.63) is 30.1 Å². The molecule has 120 valence electrons. The van der Waals surface area contributed by atoms with E-state index in [1.54, 1.807) is 6.20 Å². The van der Waals surface area contributed by atoms with E-state index in [-0.39, 0.29) is 0 Å². The van der Waals surface area contributed by atoms with E-state index in [1.807, 2.05) is 12.3 Å². The van der Waals surface area contributed by atoms with E-state index in [2.05, 4.69) is 16.0 Å². The molecule has 1 aromatic rings. The molecule has 0 radical (unpaired) electrons. The summed E-state index contributed by atoms with van der Waals surface area (Å²) in [5, 5.41) is 0. The fraction of sp³-hybridized carbons (Fsp3) is 0.722. The fourth-order valence-electron chi connectivity index (χ4n) is 3.99. The first-order valence-corrected chi connectivity index (χ1v) is 8.72. The number of hydrogen-bond acceptors (Lipinski definition) is 4. The van der Waals surface area contributed by atoms with Crippen LogP contribution in [0, 0.1) is 11.8 Å². The highest BCUT2D eigenvalue weighted by atomic mass is 16.5. The molecular weight excluding hydrogens is 276 g/mol. The van der Waals surface area contributed by atoms with Gasteiger partial charge >= 0.3 is 0 Å². The smallest absolute Gasteiger partial charge is 0.0780 e. The fourth-order valence-corrected chi connectivity index (χ4v) is 3.99. The molecule has 0 bridgehead atoms. The quantitative estimate of drug-likeness (QED) is 0.808. The SMILES string of the molecule is c1cncc(COC[C@@H]2CC[C@H]3[C@@H]2OCCN3CC2CC2)c1. The van der Waals surface area contributed by atoms with Crippen molar-refractivity contribution in [3.8, 4) is 0 Å². The van der Waals surface area contributed by atoms with Crippen LogP contribution in [0.25, 0.3) is 0 Å². The molecule has 22 heavy (non-hydrogen) atoms. The molecule has 1 aliphatic heterocycles. The highest BCUT2D eigenvalue weighted by Crippen LogP contribution is 2.38. The summed E-state index contributed by atoms with van der Waals surface area (Å²) in [4.78, 5) is 6.83. The van der Waals surface area contributed by atoms with Crippen LogP contribution < -0.4 is 0 Å². The number of hydrogen-bond donors (Lipinski definition) is 0. The maximum Gasteiger partial charge on any atom is 0.0780 e. The van der Waals surface area contributed by atoms with E-state index in [0.29, 0.717) is 24.7 Å². The summed E-state index contributed by atoms with van der Waals surface area (Å²) in [6.07, 6.45) is 9.46. The summed E-state index contributed by atoms with van der Waals surface area (Å²) >= 11 is 0. The Morgan fingerprint density at radius 2 is 2.23 bits per heavy atom. The van der Waals surface area contributed by atoms with Crippen molar-refractivity contribution >= 4 is 0 Å². The molecule has 2 saturated carbocycles. The van der Waals surface area contributed by atoms with E-state index in [0.717, 1.165) is 31.2 Å². The predicted octanol–water partition coefficient (Wildman–Crippen LogP) is 2.49. The predicted molar refractivity (Wildman–Crippen MR) is 84.4 cm³/mol. The first-order chi connectivity index (χ1) is 10.9. The molecule has 0 unspecified atom stereocenters. The standard InChI is InChI=1S/C18H26N2O2/c1-2-15(10-19-7-1)12-21-13-16-5-6-17-18(16)22-9-8-20(17)11-14-3-4-14/h1-2,7,10,14,16-18H,3-6,8-9,11-13H2/t16-,17-,18+/m0/s1. The zero-order valence-electron chi connectivity index (χ0n) is 13.2. The summed E-state index contributed by atoms with van der Waals surface area (Å²) in [5.41, 5.74) is 1.15. The Balaban J connectivity index is 1.28. The van der Waals surface area contributed by atoms with Crippen molar-refractivity contribution in [1.29, 1.82) is 0 Å². The molecule has 0 amide bonds. The van der Waals surface area contributed by atoms with Crippen LogP contribution >= 0.6 is 0 Å². The molecule has 0 aromatic carbocycles. The number of fused-ring (bicyclic) bond motifs is 1. The number of pyridine rings is 1. The van der Waals surface area contributed by atoms with E-state index in [9.17, 15) is 0 Å². The van der Waals surface area contributed by atoms with Gasteiger partial charge in [-0.15, -0.1) is 0 Å². The minimum atomic E-state index is 0.390. The average Bonchev–Trinajstić information content (AvgIpc) is 3.27. The normalized spacial score (nSPS) is 32.1. The molecule has 1 aromatic heterocycles. The zero-order chi connectivity index (χ0) is 14.8. The second-order valence-electron chi connectivity index (χ2n) is 7.05. The molecule has 2 heterocycles. The summed E-state index contributed by atoms with van der Waals surface area (Å²) in [6, 6.07) is 4.67. The highest BCUT2D eigenvalue weighted by Gasteiger charge is 2.43. The third-order valence-electron chi connectivity index (χ3n) is 5.35. The Labute approximate surface area is 132 Å². The number of ether oxygens (including phenoxy) is 2. The average molecular weight is 302 g/mol. The van der Waals surface area contributed by atoms with Gasteiger partial charge in [0.1, 0.15) is 0 Å². The van der Waals surface area contributed by atoms with Crippen molar-refractivity contribution in [3.63, 3.8) is 0 Å². The van der Waals surface area contributed by atoms with Gasteiger partial charge in [-0.1, -0.05) is 6.07 Å². The second-order valence-corrected chi connectivity index (χ2v) is 7.05. The van der Waals surface area contributed by atoms with Crippen LogP contribution in [0.4, 0.5) is 0 Å². The number of morpholine rings is 1. The minimum absolute atomic E-state index is 0.390. The zero-order valence-corrected chi connectivity index (χ0v) is 13.2. The maximum atomic E-state index is 6.12. The summed E-state index contributed by atoms with van der Waals surface area (Å²) in [6.45, 7) is 4.79. The summed E-state index contributed by atoms with van der Waals surface area (Å²) < 4.78 is 12.1. The van der Waals surface area contributed by atoms with Crippen molar-refractivity contribution in [1.82, 2.24) is 9.88 Å². The Morgan fingerprint density at radius 1 is 1.27 bits per heavy atom. The second kappa shape index (κ2) is 6.65. The van der Waals surface area contributed by atoms with Crippen LogP contribution in [0.3, 0.4) is 0 Å². The molecular formula is C18H26N2O2. The first-order valence-electron chi connectivity index (χ1n) is 8.72. The number of rotatable bonds is 6. The summed E-state index contributed by atoms with van der Waals surface area (Å²) in [7, 11) is 0. The van der Waals surface area contributed by atoms with Gasteiger partial charge in [0.15, 0.2) is 0 Å². The molecule has 1 saturated heterocycles. The van der Waals surface area contributed by atoms with Gasteiger partial charge in [0.25, 0.3) is 0 Å². The van der Waals surface area contributed by atoms with E-state index in [1.165, 1.54) is 32.2 Å². The van der Waals surface area contributed by atoms with Gasteiger partial charge in [0, 0.05) is 37.4 Å². The van der Waals surface area contributed by atoms with Crippen molar-refractivity contribution in [2.24, 2.45) is 11.8 Å². The Kier molecular flexibility index (Phi) is 4.42. The highest BCUT2D eigenvalue weighted by molar-refractivity contribution is 5.06. The number of nitrogens with zero attached hydrogens (tertiary/aromatic N) is 2. The van der Waals surface area contributed by atoms with E-state index in [4.69, 9.17) is 9.47 Å². The van der Waals surface area contributed by atoms with Gasteiger partial charge in [-0.05, 0) is 43.2 Å². The Bertz CT molecular complexity index is 477. The molecule has 3 aliphatic rings. The van der Waals surface area contributed by atoms with Gasteiger partial charge in [-0.25, -0.2) is 0 Å². The molecule has 4 nitrogen and oxygen atoms in total. The molecule has 2 aliphatic carbocycles. The largest absolute Gasteiger partial charge is 0.376 e. The van der Waals surface area contributed by atoms with Crippen LogP contribution in [-0.2, 0) is 16.1 Å². The van der Waals surface area contributed by atoms with Crippen molar-refractivity contribution in [2.75, 3.05) is 26.3 Å². The Hall–Kier alpha value is -0.970. The van der Waals surface area contributed by atoms with Gasteiger partial charge in [0.2, 0.25) is 0 Å². The van der Waals surface area contributed by atoms with Gasteiger partial charge < -0.3 is 9.47 Å². The Morgan fingerprint density at radius 3 is 3.05 bits per heavy atom. The monoisotopic (exact) mass is 302 g/mol. The van der Waals surface area contributed by atoms with Gasteiger partial charge in [0.05, 0.1) is 25.9 Å². The van der Waals surface area contributed by atoms with E-state index < -0.39 is 0 Å². The molecule has 4 heteroatoms. The lowest BCUT2D eigenvalue weighted by Crippen LogP contribution is -2.51. The van der Waals surface area contributed by atoms with Gasteiger partial charge in [-0.3, -0.25) is 9.88 Å².